The number of carbonyl (C=O) groups excluding carboxylic acids is 3. The molecule has 1 aliphatic carbocycles. The standard InChI is InChI=1S/C25H31N3O4/c1-19(17-29)28(16-20-10-4-2-5-11-20)24(30)18-32-23-15-9-8-14-22(23)27-25(31)26-21-12-6-3-7-13-21/h2-7,10-13,17,19,22-23H,8-9,14-16,18H2,1H3,(H2,26,27,31)/t19-,22+,23+/m0/s1. The lowest BCUT2D eigenvalue weighted by atomic mass is 9.92. The van der Waals surface area contributed by atoms with E-state index in [4.69, 9.17) is 4.74 Å². The summed E-state index contributed by atoms with van der Waals surface area (Å²) in [6, 6.07) is 17.8. The predicted octanol–water partition coefficient (Wildman–Crippen LogP) is 3.75. The molecule has 3 rings (SSSR count). The van der Waals surface area contributed by atoms with Gasteiger partial charge in [0.25, 0.3) is 0 Å². The van der Waals surface area contributed by atoms with Crippen LogP contribution in [0.1, 0.15) is 38.2 Å². The second-order valence-electron chi connectivity index (χ2n) is 8.09. The number of urea groups is 1. The monoisotopic (exact) mass is 437 g/mol. The number of anilines is 1. The van der Waals surface area contributed by atoms with Gasteiger partial charge in [0.2, 0.25) is 5.91 Å². The molecule has 0 aliphatic heterocycles. The van der Waals surface area contributed by atoms with Crippen molar-refractivity contribution in [3.63, 3.8) is 0 Å². The average molecular weight is 438 g/mol. The lowest BCUT2D eigenvalue weighted by molar-refractivity contribution is -0.144. The van der Waals surface area contributed by atoms with Crippen LogP contribution in [0.3, 0.4) is 0 Å². The van der Waals surface area contributed by atoms with E-state index >= 15 is 0 Å². The van der Waals surface area contributed by atoms with E-state index in [-0.39, 0.29) is 30.7 Å². The van der Waals surface area contributed by atoms with Crippen LogP contribution in [0.5, 0.6) is 0 Å². The van der Waals surface area contributed by atoms with Gasteiger partial charge in [-0.05, 0) is 37.5 Å². The lowest BCUT2D eigenvalue weighted by Crippen LogP contribution is -2.49. The Bertz CT molecular complexity index is 875. The third-order valence-electron chi connectivity index (χ3n) is 5.68. The van der Waals surface area contributed by atoms with Crippen LogP contribution in [0.2, 0.25) is 0 Å². The summed E-state index contributed by atoms with van der Waals surface area (Å²) in [5.41, 5.74) is 1.66. The summed E-state index contributed by atoms with van der Waals surface area (Å²) in [6.45, 7) is 1.91. The van der Waals surface area contributed by atoms with Gasteiger partial charge in [-0.25, -0.2) is 4.79 Å². The Balaban J connectivity index is 1.56. The minimum absolute atomic E-state index is 0.131. The fourth-order valence-corrected chi connectivity index (χ4v) is 3.89. The highest BCUT2D eigenvalue weighted by Crippen LogP contribution is 2.22. The number of hydrogen-bond donors (Lipinski definition) is 2. The fraction of sp³-hybridized carbons (Fsp3) is 0.400. The van der Waals surface area contributed by atoms with Gasteiger partial charge >= 0.3 is 6.03 Å². The molecule has 0 aromatic heterocycles. The first-order valence-corrected chi connectivity index (χ1v) is 11.1. The van der Waals surface area contributed by atoms with E-state index in [0.717, 1.165) is 37.5 Å². The maximum absolute atomic E-state index is 12.9. The van der Waals surface area contributed by atoms with Crippen molar-refractivity contribution in [1.82, 2.24) is 10.2 Å². The molecule has 1 fully saturated rings. The molecule has 2 N–H and O–H groups in total. The maximum atomic E-state index is 12.9. The van der Waals surface area contributed by atoms with Gasteiger partial charge in [-0.2, -0.15) is 0 Å². The fourth-order valence-electron chi connectivity index (χ4n) is 3.89. The highest BCUT2D eigenvalue weighted by molar-refractivity contribution is 5.89. The minimum atomic E-state index is -0.553. The number of hydrogen-bond acceptors (Lipinski definition) is 4. The Morgan fingerprint density at radius 1 is 1.06 bits per heavy atom. The second-order valence-corrected chi connectivity index (χ2v) is 8.09. The van der Waals surface area contributed by atoms with Gasteiger partial charge in [0.15, 0.2) is 0 Å². The van der Waals surface area contributed by atoms with Crippen LogP contribution in [0.15, 0.2) is 60.7 Å². The van der Waals surface area contributed by atoms with Gasteiger partial charge in [-0.3, -0.25) is 4.79 Å². The van der Waals surface area contributed by atoms with E-state index < -0.39 is 6.04 Å². The molecule has 170 valence electrons. The topological polar surface area (TPSA) is 87.7 Å². The zero-order valence-corrected chi connectivity index (χ0v) is 18.4. The number of rotatable bonds is 9. The summed E-state index contributed by atoms with van der Waals surface area (Å²) in [5, 5.41) is 5.81. The minimum Gasteiger partial charge on any atom is -0.366 e. The Labute approximate surface area is 189 Å². The van der Waals surface area contributed by atoms with Crippen LogP contribution in [0.25, 0.3) is 0 Å². The Morgan fingerprint density at radius 3 is 2.41 bits per heavy atom. The molecule has 3 atom stereocenters. The molecule has 0 radical (unpaired) electrons. The average Bonchev–Trinajstić information content (AvgIpc) is 2.82. The number of aldehydes is 1. The summed E-state index contributed by atoms with van der Waals surface area (Å²) in [5.74, 6) is -0.244. The van der Waals surface area contributed by atoms with E-state index in [9.17, 15) is 14.4 Å². The predicted molar refractivity (Wildman–Crippen MR) is 123 cm³/mol. The van der Waals surface area contributed by atoms with Crippen LogP contribution < -0.4 is 10.6 Å². The molecule has 0 unspecified atom stereocenters. The molecule has 0 spiro atoms. The number of amides is 3. The molecule has 2 aromatic rings. The van der Waals surface area contributed by atoms with Crippen molar-refractivity contribution in [2.75, 3.05) is 11.9 Å². The summed E-state index contributed by atoms with van der Waals surface area (Å²) in [6.07, 6.45) is 4.05. The Kier molecular flexibility index (Phi) is 8.80. The quantitative estimate of drug-likeness (QED) is 0.585. The summed E-state index contributed by atoms with van der Waals surface area (Å²) >= 11 is 0. The maximum Gasteiger partial charge on any atom is 0.319 e. The normalized spacial score (nSPS) is 18.9. The van der Waals surface area contributed by atoms with E-state index in [1.165, 1.54) is 4.90 Å². The van der Waals surface area contributed by atoms with Gasteiger partial charge in [-0.1, -0.05) is 61.4 Å². The van der Waals surface area contributed by atoms with Crippen molar-refractivity contribution in [2.45, 2.75) is 57.3 Å². The van der Waals surface area contributed by atoms with E-state index in [0.29, 0.717) is 12.2 Å². The third-order valence-corrected chi connectivity index (χ3v) is 5.68. The number of para-hydroxylation sites is 1. The van der Waals surface area contributed by atoms with Crippen LogP contribution >= 0.6 is 0 Å². The van der Waals surface area contributed by atoms with Gasteiger partial charge in [0.1, 0.15) is 12.9 Å². The highest BCUT2D eigenvalue weighted by atomic mass is 16.5. The Morgan fingerprint density at radius 2 is 1.72 bits per heavy atom. The molecule has 0 saturated heterocycles. The summed E-state index contributed by atoms with van der Waals surface area (Å²) < 4.78 is 5.97. The highest BCUT2D eigenvalue weighted by Gasteiger charge is 2.29. The number of nitrogens with zero attached hydrogens (tertiary/aromatic N) is 1. The first kappa shape index (κ1) is 23.5. The first-order valence-electron chi connectivity index (χ1n) is 11.1. The van der Waals surface area contributed by atoms with Crippen molar-refractivity contribution < 1.29 is 19.1 Å². The zero-order chi connectivity index (χ0) is 22.8. The molecule has 2 aromatic carbocycles. The second kappa shape index (κ2) is 12.0. The van der Waals surface area contributed by atoms with Crippen LogP contribution in [-0.2, 0) is 20.9 Å². The van der Waals surface area contributed by atoms with Crippen molar-refractivity contribution in [1.29, 1.82) is 0 Å². The van der Waals surface area contributed by atoms with Crippen LogP contribution in [-0.4, -0.2) is 47.9 Å². The molecule has 0 bridgehead atoms. The molecule has 3 amide bonds. The summed E-state index contributed by atoms with van der Waals surface area (Å²) in [4.78, 5) is 38.2. The smallest absolute Gasteiger partial charge is 0.319 e. The lowest BCUT2D eigenvalue weighted by Gasteiger charge is -2.33. The van der Waals surface area contributed by atoms with Gasteiger partial charge in [-0.15, -0.1) is 0 Å². The Hall–Kier alpha value is -3.19. The van der Waals surface area contributed by atoms with Gasteiger partial charge in [0, 0.05) is 12.2 Å². The van der Waals surface area contributed by atoms with Crippen molar-refractivity contribution in [3.8, 4) is 0 Å². The number of carbonyl (C=O) groups is 3. The molecule has 1 aliphatic rings. The van der Waals surface area contributed by atoms with Crippen molar-refractivity contribution in [2.24, 2.45) is 0 Å². The molecule has 7 nitrogen and oxygen atoms in total. The number of nitrogens with one attached hydrogen (secondary N) is 2. The largest absolute Gasteiger partial charge is 0.366 e. The van der Waals surface area contributed by atoms with Crippen LogP contribution in [0, 0.1) is 0 Å². The summed E-state index contributed by atoms with van der Waals surface area (Å²) in [7, 11) is 0. The molecule has 1 saturated carbocycles. The van der Waals surface area contributed by atoms with Crippen LogP contribution in [0.4, 0.5) is 10.5 Å². The third kappa shape index (κ3) is 6.92. The molecule has 32 heavy (non-hydrogen) atoms. The SMILES string of the molecule is C[C@@H](C=O)N(Cc1ccccc1)C(=O)CO[C@@H]1CCCC[C@H]1NC(=O)Nc1ccccc1. The van der Waals surface area contributed by atoms with Gasteiger partial charge in [0.05, 0.1) is 18.2 Å². The van der Waals surface area contributed by atoms with Crippen molar-refractivity contribution in [3.05, 3.63) is 66.2 Å². The zero-order valence-electron chi connectivity index (χ0n) is 18.4. The first-order chi connectivity index (χ1) is 15.6. The van der Waals surface area contributed by atoms with Gasteiger partial charge < -0.3 is 25.1 Å². The van der Waals surface area contributed by atoms with E-state index in [1.54, 1.807) is 6.92 Å². The van der Waals surface area contributed by atoms with Crippen molar-refractivity contribution >= 4 is 23.9 Å². The molecular formula is C25H31N3O4. The number of benzene rings is 2. The van der Waals surface area contributed by atoms with E-state index in [2.05, 4.69) is 10.6 Å². The van der Waals surface area contributed by atoms with E-state index in [1.807, 2.05) is 60.7 Å². The molecule has 0 heterocycles. The number of ether oxygens (including phenoxy) is 1. The molecule has 7 heteroatoms. The molecular weight excluding hydrogens is 406 g/mol.